The van der Waals surface area contributed by atoms with Gasteiger partial charge >= 0.3 is 24.1 Å². The van der Waals surface area contributed by atoms with Crippen LogP contribution < -0.4 is 14.2 Å². The molecule has 0 saturated heterocycles. The Balaban J connectivity index is 0.755. The molecule has 2 fully saturated rings. The average molecular weight is 1170 g/mol. The van der Waals surface area contributed by atoms with Gasteiger partial charge in [0.05, 0.1) is 40.1 Å². The molecule has 0 spiro atoms. The Hall–Kier alpha value is -3.89. The molecule has 0 aliphatic heterocycles. The van der Waals surface area contributed by atoms with Crippen LogP contribution in [0, 0.1) is 23.2 Å². The lowest BCUT2D eigenvalue weighted by molar-refractivity contribution is -0.457. The number of halogens is 9. The number of nitrogens with zero attached hydrogens (tertiary/aromatic N) is 1. The van der Waals surface area contributed by atoms with Gasteiger partial charge in [0.15, 0.2) is 0 Å². The number of ether oxygens (including phenoxy) is 7. The Morgan fingerprint density at radius 1 is 0.650 bits per heavy atom. The van der Waals surface area contributed by atoms with E-state index in [1.54, 1.807) is 14.2 Å². The number of aliphatic hydroxyl groups is 1. The molecule has 3 aliphatic carbocycles. The third-order valence-electron chi connectivity index (χ3n) is 16.5. The summed E-state index contributed by atoms with van der Waals surface area (Å²) in [4.78, 5) is 2.27. The Kier molecular flexibility index (Phi) is 22.8. The molecule has 2 saturated carbocycles. The minimum atomic E-state index is -6.75. The van der Waals surface area contributed by atoms with Crippen molar-refractivity contribution in [1.29, 1.82) is 0 Å². The Morgan fingerprint density at radius 2 is 1.27 bits per heavy atom. The van der Waals surface area contributed by atoms with Gasteiger partial charge in [0, 0.05) is 43.8 Å². The molecule has 0 radical (unpaired) electrons. The molecule has 3 aliphatic rings. The summed E-state index contributed by atoms with van der Waals surface area (Å²) in [7, 11) is 9.04. The fraction of sp³-hybridized carbons (Fsp3) is 0.600. The molecule has 4 aromatic rings. The summed E-state index contributed by atoms with van der Waals surface area (Å²) < 4.78 is 159. The maximum Gasteiger partial charge on any atom is 0.435 e. The quantitative estimate of drug-likeness (QED) is 0.0226. The summed E-state index contributed by atoms with van der Waals surface area (Å²) in [6, 6.07) is 32.3. The summed E-state index contributed by atoms with van der Waals surface area (Å²) in [5.41, 5.74) is -2.07. The summed E-state index contributed by atoms with van der Waals surface area (Å²) >= 11 is 0. The van der Waals surface area contributed by atoms with Crippen molar-refractivity contribution in [3.8, 4) is 17.2 Å². The van der Waals surface area contributed by atoms with Gasteiger partial charge in [-0.2, -0.15) is 39.5 Å². The molecular formula is C60H76F9NO8S2. The Bertz CT molecular complexity index is 2400. The predicted molar refractivity (Wildman–Crippen MR) is 294 cm³/mol. The monoisotopic (exact) mass is 1170 g/mol. The van der Waals surface area contributed by atoms with Gasteiger partial charge < -0.3 is 43.2 Å². The molecule has 7 rings (SSSR count). The van der Waals surface area contributed by atoms with E-state index in [1.807, 2.05) is 94.4 Å². The van der Waals surface area contributed by atoms with Crippen LogP contribution in [0.1, 0.15) is 98.4 Å². The van der Waals surface area contributed by atoms with Crippen LogP contribution in [0.3, 0.4) is 0 Å². The standard InChI is InChI=1S/C60H76F9NO8S2/c1-55-29-28-51-50-25-23-49(39-43(50)14-24-52(51)53(55)26-27-54(55)76-33-10-34-77-57(58(61,62)63,59(64,65)66)60(67,68)69)75-35-31-70(2)30-9-37-79-80-38-36-74-32-8-11-42(40-71)41-78-56(44-12-6-5-7-13-44,45-15-19-47(72-3)20-16-45)46-17-21-48(73-4)22-18-46/h5-7,12-13,15-23,25,39,42,51-54,71H,8-11,14,24,26-38,40-41H2,1-4H3/t42?,51-,52-,53+,54+,55+/m1/s1. The van der Waals surface area contributed by atoms with Gasteiger partial charge in [0.25, 0.3) is 0 Å². The van der Waals surface area contributed by atoms with Crippen molar-refractivity contribution in [2.24, 2.45) is 23.2 Å². The van der Waals surface area contributed by atoms with Gasteiger partial charge in [-0.3, -0.25) is 0 Å². The molecule has 9 nitrogen and oxygen atoms in total. The highest BCUT2D eigenvalue weighted by atomic mass is 33.1. The molecule has 6 atom stereocenters. The van der Waals surface area contributed by atoms with Gasteiger partial charge in [-0.15, -0.1) is 0 Å². The zero-order valence-corrected chi connectivity index (χ0v) is 47.6. The summed E-state index contributed by atoms with van der Waals surface area (Å²) in [5, 5.41) is 10.5. The largest absolute Gasteiger partial charge is 0.497 e. The van der Waals surface area contributed by atoms with Crippen LogP contribution >= 0.6 is 21.6 Å². The molecule has 0 heterocycles. The fourth-order valence-corrected chi connectivity index (χ4v) is 14.2. The van der Waals surface area contributed by atoms with E-state index in [0.29, 0.717) is 44.7 Å². The maximum absolute atomic E-state index is 13.3. The zero-order chi connectivity index (χ0) is 57.6. The van der Waals surface area contributed by atoms with Crippen molar-refractivity contribution >= 4 is 21.6 Å². The molecule has 20 heteroatoms. The number of aryl methyl sites for hydroxylation is 1. The lowest BCUT2D eigenvalue weighted by Gasteiger charge is -2.50. The number of hydrogen-bond donors (Lipinski definition) is 1. The number of hydrogen-bond acceptors (Lipinski definition) is 11. The second kappa shape index (κ2) is 28.6. The first-order chi connectivity index (χ1) is 38.2. The molecule has 1 N–H and O–H groups in total. The number of likely N-dealkylation sites (N-methyl/N-ethyl adjacent to an activating group) is 1. The number of aliphatic hydroxyl groups excluding tert-OH is 1. The van der Waals surface area contributed by atoms with Crippen LogP contribution in [-0.2, 0) is 31.0 Å². The molecule has 4 aromatic carbocycles. The summed E-state index contributed by atoms with van der Waals surface area (Å²) in [6.45, 7) is 4.20. The van der Waals surface area contributed by atoms with Crippen LogP contribution in [0.5, 0.6) is 17.2 Å². The van der Waals surface area contributed by atoms with Gasteiger partial charge in [-0.05, 0) is 165 Å². The van der Waals surface area contributed by atoms with Crippen molar-refractivity contribution in [1.82, 2.24) is 4.90 Å². The highest BCUT2D eigenvalue weighted by molar-refractivity contribution is 8.76. The molecule has 0 amide bonds. The summed E-state index contributed by atoms with van der Waals surface area (Å²) in [5.74, 6) is 5.11. The van der Waals surface area contributed by atoms with Crippen molar-refractivity contribution in [3.63, 3.8) is 0 Å². The van der Waals surface area contributed by atoms with Crippen molar-refractivity contribution in [3.05, 3.63) is 125 Å². The number of benzene rings is 4. The number of fused-ring (bicyclic) bond motifs is 5. The van der Waals surface area contributed by atoms with E-state index < -0.39 is 42.8 Å². The maximum atomic E-state index is 13.3. The first kappa shape index (κ1) is 63.7. The molecule has 1 unspecified atom stereocenters. The van der Waals surface area contributed by atoms with E-state index in [-0.39, 0.29) is 36.6 Å². The number of alkyl halides is 9. The normalized spacial score (nSPS) is 21.0. The minimum Gasteiger partial charge on any atom is -0.497 e. The second-order valence-corrected chi connectivity index (χ2v) is 24.1. The third-order valence-corrected chi connectivity index (χ3v) is 19.0. The minimum absolute atomic E-state index is 0.0125. The highest BCUT2D eigenvalue weighted by Gasteiger charge is 2.85. The smallest absolute Gasteiger partial charge is 0.435 e. The Morgan fingerprint density at radius 3 is 1.90 bits per heavy atom. The second-order valence-electron chi connectivity index (χ2n) is 21.4. The van der Waals surface area contributed by atoms with E-state index in [4.69, 9.17) is 28.4 Å². The van der Waals surface area contributed by atoms with E-state index in [9.17, 15) is 44.6 Å². The molecule has 0 aromatic heterocycles. The first-order valence-electron chi connectivity index (χ1n) is 27.5. The third kappa shape index (κ3) is 14.9. The predicted octanol–water partition coefficient (Wildman–Crippen LogP) is 14.3. The Labute approximate surface area is 472 Å². The SMILES string of the molecule is COc1ccc(C(OCC(CO)CCCOCCSSCCCN(C)CCOc2ccc3c(c2)CC[C@@H]2[C@@H]3CC[C@]3(C)[C@@H](OCCCOC(C(F)(F)F)(C(F)(F)F)C(F)(F)F)CC[C@@H]23)(c2ccccc2)c2ccc(OC)cc2)cc1. The zero-order valence-electron chi connectivity index (χ0n) is 45.9. The molecule has 0 bridgehead atoms. The van der Waals surface area contributed by atoms with Crippen molar-refractivity contribution < 1.29 is 77.8 Å². The average Bonchev–Trinajstić information content (AvgIpc) is 3.94. The molecule has 80 heavy (non-hydrogen) atoms. The van der Waals surface area contributed by atoms with Crippen molar-refractivity contribution in [2.45, 2.75) is 113 Å². The van der Waals surface area contributed by atoms with Crippen LogP contribution in [0.4, 0.5) is 39.5 Å². The first-order valence-corrected chi connectivity index (χ1v) is 30.0. The fourth-order valence-electron chi connectivity index (χ4n) is 12.3. The lowest BCUT2D eigenvalue weighted by atomic mass is 9.55. The van der Waals surface area contributed by atoms with Crippen LogP contribution in [0.25, 0.3) is 0 Å². The lowest BCUT2D eigenvalue weighted by Crippen LogP contribution is -2.67. The van der Waals surface area contributed by atoms with Crippen LogP contribution in [0.15, 0.2) is 97.1 Å². The van der Waals surface area contributed by atoms with Crippen LogP contribution in [-0.4, -0.2) is 132 Å². The molecular weight excluding hydrogens is 1100 g/mol. The van der Waals surface area contributed by atoms with Gasteiger partial charge in [-0.25, -0.2) is 0 Å². The summed E-state index contributed by atoms with van der Waals surface area (Å²) in [6.07, 6.45) is -13.5. The van der Waals surface area contributed by atoms with Gasteiger partial charge in [0.2, 0.25) is 0 Å². The van der Waals surface area contributed by atoms with Crippen LogP contribution in [0.2, 0.25) is 0 Å². The van der Waals surface area contributed by atoms with Gasteiger partial charge in [0.1, 0.15) is 29.5 Å². The number of rotatable bonds is 31. The van der Waals surface area contributed by atoms with Crippen molar-refractivity contribution in [2.75, 3.05) is 92.1 Å². The van der Waals surface area contributed by atoms with E-state index in [0.717, 1.165) is 110 Å². The van der Waals surface area contributed by atoms with E-state index in [2.05, 4.69) is 47.9 Å². The van der Waals surface area contributed by atoms with Gasteiger partial charge in [-0.1, -0.05) is 89.2 Å². The number of methoxy groups -OCH3 is 2. The topological polar surface area (TPSA) is 88.1 Å². The highest BCUT2D eigenvalue weighted by Crippen LogP contribution is 2.62. The van der Waals surface area contributed by atoms with E-state index in [1.165, 1.54) is 11.1 Å². The van der Waals surface area contributed by atoms with E-state index >= 15 is 0 Å². The molecule has 444 valence electrons.